The van der Waals surface area contributed by atoms with Crippen LogP contribution in [0.4, 0.5) is 0 Å². The molecule has 0 radical (unpaired) electrons. The van der Waals surface area contributed by atoms with Gasteiger partial charge in [0.15, 0.2) is 0 Å². The van der Waals surface area contributed by atoms with E-state index < -0.39 is 16.0 Å². The molecule has 100 valence electrons. The summed E-state index contributed by atoms with van der Waals surface area (Å²) in [6.07, 6.45) is 1.38. The molecule has 17 heavy (non-hydrogen) atoms. The van der Waals surface area contributed by atoms with Gasteiger partial charge in [-0.1, -0.05) is 0 Å². The fourth-order valence-corrected chi connectivity index (χ4v) is 3.81. The lowest BCUT2D eigenvalue weighted by Crippen LogP contribution is -2.42. The van der Waals surface area contributed by atoms with Gasteiger partial charge in [-0.3, -0.25) is 4.79 Å². The molecule has 1 atom stereocenters. The smallest absolute Gasteiger partial charge is 0.304 e. The molecule has 0 aliphatic carbocycles. The molecule has 0 spiro atoms. The van der Waals surface area contributed by atoms with Crippen LogP contribution in [0.25, 0.3) is 0 Å². The number of hydrogen-bond acceptors (Lipinski definition) is 4. The minimum atomic E-state index is -3.42. The molecule has 0 bridgehead atoms. The van der Waals surface area contributed by atoms with Crippen LogP contribution in [0.1, 0.15) is 19.3 Å². The summed E-state index contributed by atoms with van der Waals surface area (Å²) < 4.78 is 25.4. The second-order valence-electron chi connectivity index (χ2n) is 4.63. The van der Waals surface area contributed by atoms with Crippen LogP contribution in [0, 0.1) is 0 Å². The predicted molar refractivity (Wildman–Crippen MR) is 64.3 cm³/mol. The molecular weight excluding hydrogens is 244 g/mol. The number of rotatable bonds is 6. The van der Waals surface area contributed by atoms with Crippen molar-refractivity contribution in [2.75, 3.05) is 32.9 Å². The molecule has 1 N–H and O–H groups in total. The van der Waals surface area contributed by atoms with Gasteiger partial charge in [-0.25, -0.2) is 8.42 Å². The SMILES string of the molecule is CN(C)CC1CCCN1S(=O)(=O)CCC(=O)O. The van der Waals surface area contributed by atoms with Crippen molar-refractivity contribution < 1.29 is 18.3 Å². The highest BCUT2D eigenvalue weighted by Crippen LogP contribution is 2.22. The zero-order chi connectivity index (χ0) is 13.1. The highest BCUT2D eigenvalue weighted by atomic mass is 32.2. The molecule has 6 nitrogen and oxygen atoms in total. The van der Waals surface area contributed by atoms with Gasteiger partial charge in [-0.05, 0) is 26.9 Å². The van der Waals surface area contributed by atoms with Crippen molar-refractivity contribution in [3.8, 4) is 0 Å². The van der Waals surface area contributed by atoms with Crippen LogP contribution < -0.4 is 0 Å². The van der Waals surface area contributed by atoms with E-state index in [-0.39, 0.29) is 18.2 Å². The second-order valence-corrected chi connectivity index (χ2v) is 6.67. The Morgan fingerprint density at radius 2 is 2.12 bits per heavy atom. The third kappa shape index (κ3) is 4.25. The monoisotopic (exact) mass is 264 g/mol. The lowest BCUT2D eigenvalue weighted by Gasteiger charge is -2.26. The number of sulfonamides is 1. The standard InChI is InChI=1S/C10H20N2O4S/c1-11(2)8-9-4-3-6-12(9)17(15,16)7-5-10(13)14/h9H,3-8H2,1-2H3,(H,13,14). The van der Waals surface area contributed by atoms with Crippen molar-refractivity contribution >= 4 is 16.0 Å². The number of likely N-dealkylation sites (N-methyl/N-ethyl adjacent to an activating group) is 1. The second kappa shape index (κ2) is 5.79. The highest BCUT2D eigenvalue weighted by molar-refractivity contribution is 7.89. The molecule has 0 saturated carbocycles. The molecule has 1 saturated heterocycles. The summed E-state index contributed by atoms with van der Waals surface area (Å²) in [7, 11) is 0.382. The first kappa shape index (κ1) is 14.4. The maximum absolute atomic E-state index is 12.0. The highest BCUT2D eigenvalue weighted by Gasteiger charge is 2.34. The molecule has 0 aromatic carbocycles. The summed E-state index contributed by atoms with van der Waals surface area (Å²) >= 11 is 0. The quantitative estimate of drug-likeness (QED) is 0.720. The average Bonchev–Trinajstić information content (AvgIpc) is 2.62. The van der Waals surface area contributed by atoms with Crippen molar-refractivity contribution in [3.63, 3.8) is 0 Å². The van der Waals surface area contributed by atoms with Crippen molar-refractivity contribution in [1.29, 1.82) is 0 Å². The molecular formula is C10H20N2O4S. The van der Waals surface area contributed by atoms with Gasteiger partial charge in [0.25, 0.3) is 0 Å². The summed E-state index contributed by atoms with van der Waals surface area (Å²) in [4.78, 5) is 12.4. The minimum absolute atomic E-state index is 0.0104. The van der Waals surface area contributed by atoms with E-state index in [0.717, 1.165) is 12.8 Å². The third-order valence-electron chi connectivity index (χ3n) is 2.83. The molecule has 0 aromatic rings. The Morgan fingerprint density at radius 3 is 2.65 bits per heavy atom. The normalized spacial score (nSPS) is 22.2. The summed E-state index contributed by atoms with van der Waals surface area (Å²) in [5.41, 5.74) is 0. The van der Waals surface area contributed by atoms with E-state index in [4.69, 9.17) is 5.11 Å². The number of hydrogen-bond donors (Lipinski definition) is 1. The van der Waals surface area contributed by atoms with Gasteiger partial charge in [0.1, 0.15) is 0 Å². The zero-order valence-electron chi connectivity index (χ0n) is 10.3. The van der Waals surface area contributed by atoms with Crippen LogP contribution in [-0.2, 0) is 14.8 Å². The van der Waals surface area contributed by atoms with Crippen molar-refractivity contribution in [3.05, 3.63) is 0 Å². The first-order valence-electron chi connectivity index (χ1n) is 5.69. The number of carbonyl (C=O) groups is 1. The van der Waals surface area contributed by atoms with Crippen molar-refractivity contribution in [2.45, 2.75) is 25.3 Å². The Labute approximate surface area is 102 Å². The lowest BCUT2D eigenvalue weighted by molar-refractivity contribution is -0.136. The zero-order valence-corrected chi connectivity index (χ0v) is 11.1. The minimum Gasteiger partial charge on any atom is -0.481 e. The fourth-order valence-electron chi connectivity index (χ4n) is 2.11. The van der Waals surface area contributed by atoms with Gasteiger partial charge in [-0.15, -0.1) is 0 Å². The first-order valence-corrected chi connectivity index (χ1v) is 7.30. The van der Waals surface area contributed by atoms with Crippen LogP contribution in [0.15, 0.2) is 0 Å². The largest absolute Gasteiger partial charge is 0.481 e. The Balaban J connectivity index is 2.66. The maximum Gasteiger partial charge on any atom is 0.304 e. The van der Waals surface area contributed by atoms with E-state index in [2.05, 4.69) is 0 Å². The first-order chi connectivity index (χ1) is 7.83. The lowest BCUT2D eigenvalue weighted by atomic mass is 10.2. The topological polar surface area (TPSA) is 77.9 Å². The number of nitrogens with zero attached hydrogens (tertiary/aromatic N) is 2. The van der Waals surface area contributed by atoms with E-state index in [1.807, 2.05) is 19.0 Å². The summed E-state index contributed by atoms with van der Waals surface area (Å²) in [5, 5.41) is 8.54. The van der Waals surface area contributed by atoms with Gasteiger partial charge in [0.05, 0.1) is 12.2 Å². The molecule has 1 unspecified atom stereocenters. The Hall–Kier alpha value is -0.660. The summed E-state index contributed by atoms with van der Waals surface area (Å²) in [6.45, 7) is 1.20. The molecule has 0 aromatic heterocycles. The van der Waals surface area contributed by atoms with Crippen LogP contribution >= 0.6 is 0 Å². The number of carboxylic acids is 1. The Bertz CT molecular complexity index is 367. The van der Waals surface area contributed by atoms with Gasteiger partial charge in [-0.2, -0.15) is 4.31 Å². The predicted octanol–water partition coefficient (Wildman–Crippen LogP) is -0.183. The van der Waals surface area contributed by atoms with Gasteiger partial charge in [0, 0.05) is 19.1 Å². The average molecular weight is 264 g/mol. The molecule has 1 aliphatic heterocycles. The van der Waals surface area contributed by atoms with Crippen LogP contribution in [0.2, 0.25) is 0 Å². The van der Waals surface area contributed by atoms with Crippen LogP contribution in [0.5, 0.6) is 0 Å². The number of carboxylic acid groups (broad SMARTS) is 1. The number of aliphatic carboxylic acids is 1. The van der Waals surface area contributed by atoms with Crippen LogP contribution in [-0.4, -0.2) is 67.7 Å². The van der Waals surface area contributed by atoms with Gasteiger partial charge >= 0.3 is 5.97 Å². The van der Waals surface area contributed by atoms with Crippen molar-refractivity contribution in [2.24, 2.45) is 0 Å². The molecule has 0 amide bonds. The van der Waals surface area contributed by atoms with Crippen LogP contribution in [0.3, 0.4) is 0 Å². The van der Waals surface area contributed by atoms with E-state index in [1.54, 1.807) is 0 Å². The van der Waals surface area contributed by atoms with E-state index >= 15 is 0 Å². The maximum atomic E-state index is 12.0. The molecule has 1 rings (SSSR count). The Kier molecular flexibility index (Phi) is 4.91. The van der Waals surface area contributed by atoms with E-state index in [1.165, 1.54) is 4.31 Å². The molecule has 1 aliphatic rings. The summed E-state index contributed by atoms with van der Waals surface area (Å²) in [6, 6.07) is -0.0104. The fraction of sp³-hybridized carbons (Fsp3) is 0.900. The third-order valence-corrected chi connectivity index (χ3v) is 4.75. The Morgan fingerprint density at radius 1 is 1.47 bits per heavy atom. The van der Waals surface area contributed by atoms with Gasteiger partial charge in [0.2, 0.25) is 10.0 Å². The summed E-state index contributed by atoms with van der Waals surface area (Å²) in [5.74, 6) is -1.37. The molecule has 1 fully saturated rings. The van der Waals surface area contributed by atoms with E-state index in [9.17, 15) is 13.2 Å². The van der Waals surface area contributed by atoms with Gasteiger partial charge < -0.3 is 10.0 Å². The van der Waals surface area contributed by atoms with Crippen molar-refractivity contribution in [1.82, 2.24) is 9.21 Å². The van der Waals surface area contributed by atoms with E-state index in [0.29, 0.717) is 13.1 Å². The molecule has 7 heteroatoms. The molecule has 1 heterocycles.